The lowest BCUT2D eigenvalue weighted by Crippen LogP contribution is -2.38. The second-order valence-corrected chi connectivity index (χ2v) is 5.62. The number of hydrogen-bond donors (Lipinski definition) is 1. The third kappa shape index (κ3) is 1.95. The normalized spacial score (nSPS) is 33.3. The molecule has 3 heterocycles. The van der Waals surface area contributed by atoms with Gasteiger partial charge in [-0.1, -0.05) is 12.2 Å². The molecule has 0 radical (unpaired) electrons. The lowest BCUT2D eigenvalue weighted by molar-refractivity contribution is 0.381. The Kier molecular flexibility index (Phi) is 2.52. The van der Waals surface area contributed by atoms with Gasteiger partial charge in [-0.15, -0.1) is 0 Å². The molecule has 2 aliphatic heterocycles. The fraction of sp³-hybridized carbons (Fsp3) is 0.417. The van der Waals surface area contributed by atoms with Gasteiger partial charge in [-0.2, -0.15) is 0 Å². The van der Waals surface area contributed by atoms with E-state index in [0.717, 1.165) is 0 Å². The maximum Gasteiger partial charge on any atom is 0.0401 e. The summed E-state index contributed by atoms with van der Waals surface area (Å²) in [7, 11) is 0. The van der Waals surface area contributed by atoms with Crippen molar-refractivity contribution >= 4 is 22.6 Å². The van der Waals surface area contributed by atoms with Gasteiger partial charge in [0.05, 0.1) is 0 Å². The number of fused-ring (bicyclic) bond motifs is 2. The van der Waals surface area contributed by atoms with Crippen LogP contribution in [-0.4, -0.2) is 17.1 Å². The van der Waals surface area contributed by atoms with Gasteiger partial charge >= 0.3 is 0 Å². The van der Waals surface area contributed by atoms with Gasteiger partial charge in [-0.3, -0.25) is 4.98 Å². The van der Waals surface area contributed by atoms with Crippen molar-refractivity contribution in [2.45, 2.75) is 30.8 Å². The molecule has 3 atom stereocenters. The summed E-state index contributed by atoms with van der Waals surface area (Å²) in [6, 6.07) is 3.45. The van der Waals surface area contributed by atoms with Crippen LogP contribution in [0.15, 0.2) is 30.6 Å². The Morgan fingerprint density at radius 2 is 1.93 bits per heavy atom. The number of halogens is 1. The summed E-state index contributed by atoms with van der Waals surface area (Å²) in [5, 5.41) is 3.57. The van der Waals surface area contributed by atoms with Gasteiger partial charge in [0.25, 0.3) is 0 Å². The predicted octanol–water partition coefficient (Wildman–Crippen LogP) is 2.46. The number of hydrogen-bond acceptors (Lipinski definition) is 2. The number of nitrogens with one attached hydrogen (secondary N) is 1. The van der Waals surface area contributed by atoms with Crippen molar-refractivity contribution in [3.8, 4) is 0 Å². The molecule has 1 fully saturated rings. The molecule has 1 aromatic heterocycles. The first-order chi connectivity index (χ1) is 7.31. The number of piperidine rings is 1. The number of nitrogens with zero attached hydrogens (tertiary/aromatic N) is 1. The molecule has 1 N–H and O–H groups in total. The van der Waals surface area contributed by atoms with Crippen molar-refractivity contribution in [2.75, 3.05) is 0 Å². The van der Waals surface area contributed by atoms with Crippen molar-refractivity contribution in [3.05, 3.63) is 39.7 Å². The second kappa shape index (κ2) is 3.87. The molecule has 0 saturated carbocycles. The molecule has 0 spiro atoms. The van der Waals surface area contributed by atoms with Crippen molar-refractivity contribution < 1.29 is 0 Å². The molecule has 0 aromatic carbocycles. The Balaban J connectivity index is 1.84. The maximum absolute atomic E-state index is 4.28. The van der Waals surface area contributed by atoms with E-state index in [1.54, 1.807) is 0 Å². The van der Waals surface area contributed by atoms with Gasteiger partial charge in [0, 0.05) is 28.0 Å². The Hall–Kier alpha value is -0.420. The van der Waals surface area contributed by atoms with Gasteiger partial charge in [-0.25, -0.2) is 0 Å². The van der Waals surface area contributed by atoms with E-state index < -0.39 is 0 Å². The third-order valence-corrected chi connectivity index (χ3v) is 3.87. The van der Waals surface area contributed by atoms with Crippen LogP contribution in [0.1, 0.15) is 24.3 Å². The van der Waals surface area contributed by atoms with Crippen LogP contribution in [0.2, 0.25) is 0 Å². The standard InChI is InChI=1S/C12H13IN2/c13-10-3-9(6-14-7-10)8-4-11-1-2-12(5-8)15-11/h1-3,6-8,11-12,15H,4-5H2/t8?,11-,12+. The summed E-state index contributed by atoms with van der Waals surface area (Å²) >= 11 is 2.33. The van der Waals surface area contributed by atoms with E-state index in [1.807, 2.05) is 12.4 Å². The molecule has 0 aliphatic carbocycles. The zero-order valence-corrected chi connectivity index (χ0v) is 10.5. The maximum atomic E-state index is 4.28. The zero-order valence-electron chi connectivity index (χ0n) is 8.36. The average molecular weight is 312 g/mol. The SMILES string of the molecule is Ic1cncc(C2C[C@H]3C=C[C@@H](C2)N3)c1. The zero-order chi connectivity index (χ0) is 10.3. The molecule has 2 bridgehead atoms. The van der Waals surface area contributed by atoms with Crippen molar-refractivity contribution in [2.24, 2.45) is 0 Å². The van der Waals surface area contributed by atoms with E-state index in [4.69, 9.17) is 0 Å². The van der Waals surface area contributed by atoms with Gasteiger partial charge in [-0.05, 0) is 53.0 Å². The highest BCUT2D eigenvalue weighted by Gasteiger charge is 2.30. The molecule has 2 nitrogen and oxygen atoms in total. The molecule has 3 rings (SSSR count). The molecule has 0 amide bonds. The van der Waals surface area contributed by atoms with Crippen LogP contribution >= 0.6 is 22.6 Å². The van der Waals surface area contributed by atoms with Crippen LogP contribution in [0.25, 0.3) is 0 Å². The van der Waals surface area contributed by atoms with Gasteiger partial charge < -0.3 is 5.32 Å². The van der Waals surface area contributed by atoms with E-state index in [-0.39, 0.29) is 0 Å². The molecule has 1 saturated heterocycles. The quantitative estimate of drug-likeness (QED) is 0.636. The Morgan fingerprint density at radius 3 is 2.60 bits per heavy atom. The minimum atomic E-state index is 0.589. The minimum Gasteiger partial charge on any atom is -0.304 e. The smallest absolute Gasteiger partial charge is 0.0401 e. The summed E-state index contributed by atoms with van der Waals surface area (Å²) in [5.74, 6) is 0.679. The predicted molar refractivity (Wildman–Crippen MR) is 68.8 cm³/mol. The number of rotatable bonds is 1. The van der Waals surface area contributed by atoms with Crippen LogP contribution in [0.4, 0.5) is 0 Å². The molecule has 1 unspecified atom stereocenters. The highest BCUT2D eigenvalue weighted by molar-refractivity contribution is 14.1. The molecule has 3 heteroatoms. The van der Waals surface area contributed by atoms with Gasteiger partial charge in [0.2, 0.25) is 0 Å². The fourth-order valence-electron chi connectivity index (χ4n) is 2.58. The highest BCUT2D eigenvalue weighted by atomic mass is 127. The molecular weight excluding hydrogens is 299 g/mol. The Morgan fingerprint density at radius 1 is 1.20 bits per heavy atom. The van der Waals surface area contributed by atoms with Gasteiger partial charge in [0.15, 0.2) is 0 Å². The first-order valence-electron chi connectivity index (χ1n) is 5.36. The highest BCUT2D eigenvalue weighted by Crippen LogP contribution is 2.33. The third-order valence-electron chi connectivity index (χ3n) is 3.28. The monoisotopic (exact) mass is 312 g/mol. The molecule has 1 aromatic rings. The van der Waals surface area contributed by atoms with Crippen LogP contribution in [-0.2, 0) is 0 Å². The summed E-state index contributed by atoms with van der Waals surface area (Å²) in [5.41, 5.74) is 1.40. The summed E-state index contributed by atoms with van der Waals surface area (Å²) < 4.78 is 1.24. The van der Waals surface area contributed by atoms with E-state index >= 15 is 0 Å². The van der Waals surface area contributed by atoms with Gasteiger partial charge in [0.1, 0.15) is 0 Å². The van der Waals surface area contributed by atoms with E-state index in [0.29, 0.717) is 18.0 Å². The lowest BCUT2D eigenvalue weighted by atomic mass is 9.87. The van der Waals surface area contributed by atoms with E-state index in [1.165, 1.54) is 22.0 Å². The Labute approximate surface area is 103 Å². The number of pyridine rings is 1. The molecular formula is C12H13IN2. The molecule has 78 valence electrons. The number of aromatic nitrogens is 1. The first-order valence-corrected chi connectivity index (χ1v) is 6.44. The summed E-state index contributed by atoms with van der Waals surface area (Å²) in [4.78, 5) is 4.28. The van der Waals surface area contributed by atoms with Crippen LogP contribution in [0, 0.1) is 3.57 Å². The average Bonchev–Trinajstić information content (AvgIpc) is 2.58. The van der Waals surface area contributed by atoms with E-state index in [9.17, 15) is 0 Å². The second-order valence-electron chi connectivity index (χ2n) is 4.37. The van der Waals surface area contributed by atoms with Crippen molar-refractivity contribution in [1.29, 1.82) is 0 Å². The molecule has 15 heavy (non-hydrogen) atoms. The minimum absolute atomic E-state index is 0.589. The first kappa shape index (κ1) is 9.78. The largest absolute Gasteiger partial charge is 0.304 e. The van der Waals surface area contributed by atoms with Crippen LogP contribution < -0.4 is 5.32 Å². The summed E-state index contributed by atoms with van der Waals surface area (Å²) in [6.07, 6.45) is 11.0. The Bertz CT molecular complexity index is 388. The topological polar surface area (TPSA) is 24.9 Å². The van der Waals surface area contributed by atoms with Crippen molar-refractivity contribution in [1.82, 2.24) is 10.3 Å². The van der Waals surface area contributed by atoms with Crippen LogP contribution in [0.3, 0.4) is 0 Å². The van der Waals surface area contributed by atoms with Crippen molar-refractivity contribution in [3.63, 3.8) is 0 Å². The van der Waals surface area contributed by atoms with Crippen LogP contribution in [0.5, 0.6) is 0 Å². The van der Waals surface area contributed by atoms with E-state index in [2.05, 4.69) is 51.1 Å². The summed E-state index contributed by atoms with van der Waals surface area (Å²) in [6.45, 7) is 0. The fourth-order valence-corrected chi connectivity index (χ4v) is 3.10. The molecule has 2 aliphatic rings. The lowest BCUT2D eigenvalue weighted by Gasteiger charge is -2.29.